The van der Waals surface area contributed by atoms with E-state index in [1.54, 1.807) is 0 Å². The van der Waals surface area contributed by atoms with E-state index in [9.17, 15) is 0 Å². The van der Waals surface area contributed by atoms with Gasteiger partial charge in [-0.15, -0.1) is 0 Å². The monoisotopic (exact) mass is 252 g/mol. The summed E-state index contributed by atoms with van der Waals surface area (Å²) in [5.41, 5.74) is 0. The smallest absolute Gasteiger partial charge is 0.157 e. The van der Waals surface area contributed by atoms with E-state index in [4.69, 9.17) is 4.99 Å². The first-order valence-electron chi connectivity index (χ1n) is 7.32. The van der Waals surface area contributed by atoms with Crippen molar-refractivity contribution in [2.24, 2.45) is 16.8 Å². The van der Waals surface area contributed by atoms with Gasteiger partial charge in [-0.1, -0.05) is 37.9 Å². The molecule has 2 aliphatic carbocycles. The largest absolute Gasteiger partial charge is 0.362 e. The van der Waals surface area contributed by atoms with E-state index in [0.29, 0.717) is 12.1 Å². The first-order valence-corrected chi connectivity index (χ1v) is 8.31. The lowest BCUT2D eigenvalue weighted by Crippen LogP contribution is -2.37. The van der Waals surface area contributed by atoms with Crippen LogP contribution in [-0.4, -0.2) is 23.0 Å². The molecule has 1 heterocycles. The topological polar surface area (TPSA) is 24.4 Å². The van der Waals surface area contributed by atoms with E-state index in [1.165, 1.54) is 55.9 Å². The van der Waals surface area contributed by atoms with Crippen molar-refractivity contribution in [3.05, 3.63) is 0 Å². The van der Waals surface area contributed by atoms with Crippen molar-refractivity contribution in [2.45, 2.75) is 64.0 Å². The highest BCUT2D eigenvalue weighted by Gasteiger charge is 2.32. The summed E-state index contributed by atoms with van der Waals surface area (Å²) in [6, 6.07) is 1.32. The summed E-state index contributed by atoms with van der Waals surface area (Å²) in [7, 11) is 0. The van der Waals surface area contributed by atoms with Crippen LogP contribution < -0.4 is 5.32 Å². The normalized spacial score (nSPS) is 34.1. The van der Waals surface area contributed by atoms with Crippen LogP contribution in [-0.2, 0) is 0 Å². The average Bonchev–Trinajstić information content (AvgIpc) is 3.04. The van der Waals surface area contributed by atoms with E-state index in [0.717, 1.165) is 11.8 Å². The van der Waals surface area contributed by atoms with Gasteiger partial charge in [-0.3, -0.25) is 4.99 Å². The maximum atomic E-state index is 4.93. The van der Waals surface area contributed by atoms with Gasteiger partial charge in [-0.25, -0.2) is 0 Å². The molecule has 0 amide bonds. The van der Waals surface area contributed by atoms with Crippen LogP contribution in [0.4, 0.5) is 0 Å². The van der Waals surface area contributed by atoms with E-state index < -0.39 is 0 Å². The fourth-order valence-corrected chi connectivity index (χ4v) is 4.31. The molecule has 0 bridgehead atoms. The number of thioether (sulfide) groups is 1. The van der Waals surface area contributed by atoms with Crippen LogP contribution in [0.15, 0.2) is 4.99 Å². The molecule has 0 saturated heterocycles. The Bertz CT molecular complexity index is 299. The molecule has 3 aliphatic rings. The summed E-state index contributed by atoms with van der Waals surface area (Å²) >= 11 is 1.97. The predicted molar refractivity (Wildman–Crippen MR) is 75.6 cm³/mol. The summed E-state index contributed by atoms with van der Waals surface area (Å²) in [6.07, 6.45) is 9.66. The SMILES string of the molecule is CCC(CC1CC1)NC1=NC2CCCC2CS1. The summed E-state index contributed by atoms with van der Waals surface area (Å²) in [5.74, 6) is 3.20. The van der Waals surface area contributed by atoms with Crippen molar-refractivity contribution in [1.29, 1.82) is 0 Å². The number of hydrogen-bond donors (Lipinski definition) is 1. The van der Waals surface area contributed by atoms with Gasteiger partial charge < -0.3 is 5.32 Å². The van der Waals surface area contributed by atoms with Crippen LogP contribution in [0.2, 0.25) is 0 Å². The molecule has 2 saturated carbocycles. The van der Waals surface area contributed by atoms with Gasteiger partial charge in [0.05, 0.1) is 6.04 Å². The molecule has 1 N–H and O–H groups in total. The number of nitrogens with zero attached hydrogens (tertiary/aromatic N) is 1. The Balaban J connectivity index is 1.55. The third kappa shape index (κ3) is 2.98. The quantitative estimate of drug-likeness (QED) is 0.829. The molecule has 1 aliphatic heterocycles. The van der Waals surface area contributed by atoms with E-state index in [1.807, 2.05) is 11.8 Å². The van der Waals surface area contributed by atoms with E-state index in [-0.39, 0.29) is 0 Å². The Hall–Kier alpha value is -0.180. The Labute approximate surface area is 109 Å². The molecule has 0 aromatic rings. The van der Waals surface area contributed by atoms with E-state index >= 15 is 0 Å². The second-order valence-corrected chi connectivity index (χ2v) is 6.94. The number of rotatable bonds is 4. The first kappa shape index (κ1) is 11.9. The minimum atomic E-state index is 0.650. The molecule has 3 heteroatoms. The highest BCUT2D eigenvalue weighted by atomic mass is 32.2. The fourth-order valence-electron chi connectivity index (χ4n) is 3.09. The van der Waals surface area contributed by atoms with Gasteiger partial charge >= 0.3 is 0 Å². The Morgan fingerprint density at radius 1 is 1.35 bits per heavy atom. The Morgan fingerprint density at radius 2 is 2.24 bits per heavy atom. The van der Waals surface area contributed by atoms with Crippen LogP contribution in [0.3, 0.4) is 0 Å². The third-order valence-electron chi connectivity index (χ3n) is 4.47. The first-order chi connectivity index (χ1) is 8.35. The summed E-state index contributed by atoms with van der Waals surface area (Å²) in [4.78, 5) is 4.93. The van der Waals surface area contributed by atoms with Gasteiger partial charge in [0, 0.05) is 11.8 Å². The summed E-state index contributed by atoms with van der Waals surface area (Å²) in [6.45, 7) is 2.30. The van der Waals surface area contributed by atoms with Crippen molar-refractivity contribution < 1.29 is 0 Å². The van der Waals surface area contributed by atoms with Gasteiger partial charge in [-0.05, 0) is 37.5 Å². The second kappa shape index (κ2) is 5.21. The van der Waals surface area contributed by atoms with Crippen LogP contribution in [0.5, 0.6) is 0 Å². The molecule has 0 aromatic heterocycles. The lowest BCUT2D eigenvalue weighted by atomic mass is 10.1. The van der Waals surface area contributed by atoms with Gasteiger partial charge in [0.1, 0.15) is 0 Å². The molecule has 0 aromatic carbocycles. The van der Waals surface area contributed by atoms with Gasteiger partial charge in [0.15, 0.2) is 5.17 Å². The molecule has 17 heavy (non-hydrogen) atoms. The third-order valence-corrected chi connectivity index (χ3v) is 5.56. The lowest BCUT2D eigenvalue weighted by molar-refractivity contribution is 0.500. The molecular formula is C14H24N2S. The number of fused-ring (bicyclic) bond motifs is 1. The number of hydrogen-bond acceptors (Lipinski definition) is 3. The van der Waals surface area contributed by atoms with Crippen molar-refractivity contribution in [2.75, 3.05) is 5.75 Å². The number of amidine groups is 1. The van der Waals surface area contributed by atoms with Crippen LogP contribution in [0.1, 0.15) is 51.9 Å². The Kier molecular flexibility index (Phi) is 3.64. The van der Waals surface area contributed by atoms with E-state index in [2.05, 4.69) is 12.2 Å². The maximum absolute atomic E-state index is 4.93. The minimum Gasteiger partial charge on any atom is -0.362 e. The zero-order valence-corrected chi connectivity index (χ0v) is 11.6. The average molecular weight is 252 g/mol. The molecule has 0 spiro atoms. The predicted octanol–water partition coefficient (Wildman–Crippen LogP) is 3.43. The molecule has 3 rings (SSSR count). The highest BCUT2D eigenvalue weighted by Crippen LogP contribution is 2.36. The van der Waals surface area contributed by atoms with Crippen molar-refractivity contribution in [3.8, 4) is 0 Å². The molecule has 2 nitrogen and oxygen atoms in total. The van der Waals surface area contributed by atoms with Crippen LogP contribution >= 0.6 is 11.8 Å². The zero-order chi connectivity index (χ0) is 11.7. The van der Waals surface area contributed by atoms with Gasteiger partial charge in [0.25, 0.3) is 0 Å². The second-order valence-electron chi connectivity index (χ2n) is 5.93. The maximum Gasteiger partial charge on any atom is 0.157 e. The number of aliphatic imine (C=N–C) groups is 1. The number of nitrogens with one attached hydrogen (secondary N) is 1. The molecule has 3 atom stereocenters. The van der Waals surface area contributed by atoms with Crippen molar-refractivity contribution in [3.63, 3.8) is 0 Å². The molecule has 0 radical (unpaired) electrons. The van der Waals surface area contributed by atoms with Crippen molar-refractivity contribution in [1.82, 2.24) is 5.32 Å². The van der Waals surface area contributed by atoms with Crippen LogP contribution in [0, 0.1) is 11.8 Å². The van der Waals surface area contributed by atoms with Crippen LogP contribution in [0.25, 0.3) is 0 Å². The summed E-state index contributed by atoms with van der Waals surface area (Å²) in [5, 5.41) is 4.95. The fraction of sp³-hybridized carbons (Fsp3) is 0.929. The zero-order valence-electron chi connectivity index (χ0n) is 10.8. The highest BCUT2D eigenvalue weighted by molar-refractivity contribution is 8.13. The molecule has 3 unspecified atom stereocenters. The van der Waals surface area contributed by atoms with Crippen molar-refractivity contribution >= 4 is 16.9 Å². The summed E-state index contributed by atoms with van der Waals surface area (Å²) < 4.78 is 0. The molecule has 96 valence electrons. The molecular weight excluding hydrogens is 228 g/mol. The lowest BCUT2D eigenvalue weighted by Gasteiger charge is -2.26. The van der Waals surface area contributed by atoms with Gasteiger partial charge in [0.2, 0.25) is 0 Å². The minimum absolute atomic E-state index is 0.650. The Morgan fingerprint density at radius 3 is 3.00 bits per heavy atom. The molecule has 2 fully saturated rings. The standard InChI is InChI=1S/C14H24N2S/c1-2-12(8-10-6-7-10)15-14-16-13-5-3-4-11(13)9-17-14/h10-13H,2-9H2,1H3,(H,15,16). The van der Waals surface area contributed by atoms with Gasteiger partial charge in [-0.2, -0.15) is 0 Å².